The van der Waals surface area contributed by atoms with Crippen LogP contribution < -0.4 is 0 Å². The van der Waals surface area contributed by atoms with Gasteiger partial charge in [-0.15, -0.1) is 0 Å². The minimum Gasteiger partial charge on any atom is -0.345 e. The van der Waals surface area contributed by atoms with Gasteiger partial charge < -0.3 is 4.98 Å². The highest BCUT2D eigenvalue weighted by Gasteiger charge is 2.37. The maximum absolute atomic E-state index is 12.5. The molecule has 2 aromatic heterocycles. The summed E-state index contributed by atoms with van der Waals surface area (Å²) in [6.45, 7) is 2.41. The number of nitrogens with zero attached hydrogens (tertiary/aromatic N) is 3. The molecule has 2 aromatic rings. The second-order valence-electron chi connectivity index (χ2n) is 4.66. The number of rotatable bonds is 3. The zero-order chi connectivity index (χ0) is 13.5. The highest BCUT2D eigenvalue weighted by molar-refractivity contribution is 7.89. The average Bonchev–Trinajstić information content (AvgIpc) is 3.10. The van der Waals surface area contributed by atoms with Crippen molar-refractivity contribution in [3.63, 3.8) is 0 Å². The van der Waals surface area contributed by atoms with Crippen LogP contribution in [0.25, 0.3) is 0 Å². The molecule has 0 saturated carbocycles. The molecule has 3 heterocycles. The number of nitrogens with one attached hydrogen (secondary N) is 2. The minimum absolute atomic E-state index is 0.197. The van der Waals surface area contributed by atoms with Crippen molar-refractivity contribution in [1.82, 2.24) is 24.5 Å². The fourth-order valence-electron chi connectivity index (χ4n) is 2.42. The summed E-state index contributed by atoms with van der Waals surface area (Å²) in [4.78, 5) is 7.58. The highest BCUT2D eigenvalue weighted by Crippen LogP contribution is 2.34. The summed E-state index contributed by atoms with van der Waals surface area (Å²) in [6, 6.07) is -0.214. The van der Waals surface area contributed by atoms with E-state index in [0.717, 1.165) is 18.5 Å². The van der Waals surface area contributed by atoms with Gasteiger partial charge in [-0.1, -0.05) is 0 Å². The molecule has 0 radical (unpaired) electrons. The van der Waals surface area contributed by atoms with Crippen LogP contribution in [0, 0.1) is 6.92 Å². The van der Waals surface area contributed by atoms with Crippen LogP contribution in [0.2, 0.25) is 0 Å². The zero-order valence-electron chi connectivity index (χ0n) is 10.5. The molecular formula is C11H15N5O2S. The van der Waals surface area contributed by atoms with E-state index in [9.17, 15) is 8.42 Å². The molecule has 1 aliphatic rings. The number of H-pyrrole nitrogens is 2. The topological polar surface area (TPSA) is 94.7 Å². The first-order valence-corrected chi connectivity index (χ1v) is 7.55. The smallest absolute Gasteiger partial charge is 0.246 e. The van der Waals surface area contributed by atoms with Gasteiger partial charge in [0.15, 0.2) is 0 Å². The van der Waals surface area contributed by atoms with Crippen molar-refractivity contribution in [2.75, 3.05) is 6.54 Å². The molecule has 0 bridgehead atoms. The fraction of sp³-hybridized carbons (Fsp3) is 0.455. The number of hydrogen-bond acceptors (Lipinski definition) is 4. The van der Waals surface area contributed by atoms with Gasteiger partial charge in [0, 0.05) is 24.6 Å². The van der Waals surface area contributed by atoms with Crippen molar-refractivity contribution in [1.29, 1.82) is 0 Å². The van der Waals surface area contributed by atoms with Crippen LogP contribution in [-0.4, -0.2) is 39.4 Å². The van der Waals surface area contributed by atoms with Crippen molar-refractivity contribution in [2.24, 2.45) is 0 Å². The lowest BCUT2D eigenvalue weighted by atomic mass is 10.2. The Morgan fingerprint density at radius 3 is 2.89 bits per heavy atom. The molecule has 0 amide bonds. The summed E-state index contributed by atoms with van der Waals surface area (Å²) in [6.07, 6.45) is 6.07. The number of imidazole rings is 1. The third kappa shape index (κ3) is 2.06. The van der Waals surface area contributed by atoms with Crippen LogP contribution in [0.5, 0.6) is 0 Å². The summed E-state index contributed by atoms with van der Waals surface area (Å²) < 4.78 is 26.5. The van der Waals surface area contributed by atoms with E-state index in [1.54, 1.807) is 6.20 Å². The van der Waals surface area contributed by atoms with Gasteiger partial charge in [-0.25, -0.2) is 13.4 Å². The minimum atomic E-state index is -3.50. The van der Waals surface area contributed by atoms with E-state index in [2.05, 4.69) is 20.2 Å². The van der Waals surface area contributed by atoms with Gasteiger partial charge in [0.25, 0.3) is 0 Å². The molecule has 0 aromatic carbocycles. The van der Waals surface area contributed by atoms with E-state index in [-0.39, 0.29) is 10.9 Å². The Hall–Kier alpha value is -1.67. The molecule has 1 fully saturated rings. The van der Waals surface area contributed by atoms with Gasteiger partial charge in [0.2, 0.25) is 10.0 Å². The Morgan fingerprint density at radius 1 is 1.42 bits per heavy atom. The normalized spacial score (nSPS) is 21.0. The molecule has 8 heteroatoms. The zero-order valence-corrected chi connectivity index (χ0v) is 11.3. The van der Waals surface area contributed by atoms with Crippen LogP contribution in [-0.2, 0) is 10.0 Å². The largest absolute Gasteiger partial charge is 0.345 e. The van der Waals surface area contributed by atoms with Crippen LogP contribution in [0.15, 0.2) is 23.5 Å². The molecule has 1 aliphatic heterocycles. The summed E-state index contributed by atoms with van der Waals surface area (Å²) >= 11 is 0. The third-order valence-corrected chi connectivity index (χ3v) is 5.20. The Balaban J connectivity index is 1.96. The van der Waals surface area contributed by atoms with E-state index in [1.165, 1.54) is 16.7 Å². The van der Waals surface area contributed by atoms with E-state index < -0.39 is 10.0 Å². The number of aromatic nitrogens is 4. The van der Waals surface area contributed by atoms with Crippen LogP contribution >= 0.6 is 0 Å². The van der Waals surface area contributed by atoms with Gasteiger partial charge in [-0.05, 0) is 19.8 Å². The van der Waals surface area contributed by atoms with Gasteiger partial charge in [-0.2, -0.15) is 9.40 Å². The second kappa shape index (κ2) is 4.46. The fourth-order valence-corrected chi connectivity index (χ4v) is 3.99. The maximum atomic E-state index is 12.5. The number of hydrogen-bond donors (Lipinski definition) is 2. The van der Waals surface area contributed by atoms with Crippen molar-refractivity contribution < 1.29 is 8.42 Å². The molecule has 0 unspecified atom stereocenters. The number of aromatic amines is 2. The van der Waals surface area contributed by atoms with Gasteiger partial charge in [0.05, 0.1) is 12.2 Å². The van der Waals surface area contributed by atoms with Crippen molar-refractivity contribution in [3.8, 4) is 0 Å². The molecule has 3 rings (SSSR count). The highest BCUT2D eigenvalue weighted by atomic mass is 32.2. The van der Waals surface area contributed by atoms with Gasteiger partial charge in [-0.3, -0.25) is 5.10 Å². The molecule has 0 aliphatic carbocycles. The molecule has 7 nitrogen and oxygen atoms in total. The molecule has 0 spiro atoms. The second-order valence-corrected chi connectivity index (χ2v) is 6.55. The van der Waals surface area contributed by atoms with E-state index >= 15 is 0 Å². The van der Waals surface area contributed by atoms with Crippen LogP contribution in [0.1, 0.15) is 30.4 Å². The Labute approximate surface area is 111 Å². The lowest BCUT2D eigenvalue weighted by Crippen LogP contribution is -2.31. The molecule has 19 heavy (non-hydrogen) atoms. The molecule has 1 saturated heterocycles. The summed E-state index contributed by atoms with van der Waals surface area (Å²) in [5.41, 5.74) is 0.933. The first-order valence-electron chi connectivity index (χ1n) is 6.11. The van der Waals surface area contributed by atoms with Crippen molar-refractivity contribution in [2.45, 2.75) is 30.7 Å². The third-order valence-electron chi connectivity index (χ3n) is 3.32. The summed E-state index contributed by atoms with van der Waals surface area (Å²) in [7, 11) is -3.50. The lowest BCUT2D eigenvalue weighted by molar-refractivity contribution is 0.385. The van der Waals surface area contributed by atoms with E-state index in [4.69, 9.17) is 0 Å². The first-order chi connectivity index (χ1) is 9.09. The van der Waals surface area contributed by atoms with Crippen LogP contribution in [0.4, 0.5) is 0 Å². The predicted molar refractivity (Wildman–Crippen MR) is 67.8 cm³/mol. The Morgan fingerprint density at radius 2 is 2.26 bits per heavy atom. The van der Waals surface area contributed by atoms with Gasteiger partial charge >= 0.3 is 0 Å². The van der Waals surface area contributed by atoms with Gasteiger partial charge in [0.1, 0.15) is 10.7 Å². The lowest BCUT2D eigenvalue weighted by Gasteiger charge is -2.21. The molecular weight excluding hydrogens is 266 g/mol. The monoisotopic (exact) mass is 281 g/mol. The number of sulfonamides is 1. The summed E-state index contributed by atoms with van der Waals surface area (Å²) in [5, 5.41) is 6.25. The first kappa shape index (κ1) is 12.4. The Bertz CT molecular complexity index is 661. The number of aryl methyl sites for hydroxylation is 1. The standard InChI is InChI=1S/C11H15N5O2S/c1-8-5-12-11(15-8)10-3-2-4-16(10)19(17,18)9-6-13-14-7-9/h5-7,10H,2-4H2,1H3,(H,12,15)(H,13,14)/t10-/m0/s1. The average molecular weight is 281 g/mol. The van der Waals surface area contributed by atoms with Crippen LogP contribution in [0.3, 0.4) is 0 Å². The van der Waals surface area contributed by atoms with Crippen molar-refractivity contribution >= 4 is 10.0 Å². The maximum Gasteiger partial charge on any atom is 0.246 e. The summed E-state index contributed by atoms with van der Waals surface area (Å²) in [5.74, 6) is 0.710. The quantitative estimate of drug-likeness (QED) is 0.876. The molecule has 1 atom stereocenters. The molecule has 2 N–H and O–H groups in total. The van der Waals surface area contributed by atoms with E-state index in [1.807, 2.05) is 6.92 Å². The predicted octanol–water partition coefficient (Wildman–Crippen LogP) is 0.967. The SMILES string of the molecule is Cc1cnc([C@@H]2CCCN2S(=O)(=O)c2cn[nH]c2)[nH]1. The van der Waals surface area contributed by atoms with E-state index in [0.29, 0.717) is 12.4 Å². The van der Waals surface area contributed by atoms with Crippen molar-refractivity contribution in [3.05, 3.63) is 30.1 Å². The molecule has 102 valence electrons. The Kier molecular flexibility index (Phi) is 2.90.